The van der Waals surface area contributed by atoms with Crippen LogP contribution in [0.2, 0.25) is 0 Å². The molecule has 2 aromatic rings. The molecule has 0 bridgehead atoms. The number of nitrogens with zero attached hydrogens (tertiary/aromatic N) is 1. The van der Waals surface area contributed by atoms with E-state index >= 15 is 0 Å². The van der Waals surface area contributed by atoms with Gasteiger partial charge in [0.2, 0.25) is 5.91 Å². The minimum atomic E-state index is -0.00214. The topological polar surface area (TPSA) is 74.2 Å². The zero-order chi connectivity index (χ0) is 16.9. The van der Waals surface area contributed by atoms with Crippen LogP contribution in [0.1, 0.15) is 33.5 Å². The number of amides is 1. The molecule has 0 saturated carbocycles. The monoisotopic (exact) mass is 325 g/mol. The zero-order valence-corrected chi connectivity index (χ0v) is 13.9. The van der Waals surface area contributed by atoms with E-state index in [-0.39, 0.29) is 12.5 Å². The summed E-state index contributed by atoms with van der Waals surface area (Å²) in [5.41, 5.74) is 6.50. The van der Waals surface area contributed by atoms with E-state index in [2.05, 4.69) is 15.6 Å². The average molecular weight is 325 g/mol. The van der Waals surface area contributed by atoms with Gasteiger partial charge in [0.15, 0.2) is 0 Å². The predicted molar refractivity (Wildman–Crippen MR) is 92.3 cm³/mol. The number of nitrogens with one attached hydrogen (secondary N) is 2. The summed E-state index contributed by atoms with van der Waals surface area (Å²) in [6.07, 6.45) is 3.26. The quantitative estimate of drug-likeness (QED) is 0.777. The van der Waals surface area contributed by atoms with Gasteiger partial charge in [-0.3, -0.25) is 9.78 Å². The number of rotatable bonds is 5. The third-order valence-corrected chi connectivity index (χ3v) is 4.50. The summed E-state index contributed by atoms with van der Waals surface area (Å²) in [6.45, 7) is 4.36. The van der Waals surface area contributed by atoms with Crippen LogP contribution in [0.25, 0.3) is 0 Å². The largest absolute Gasteiger partial charge is 0.392 e. The summed E-state index contributed by atoms with van der Waals surface area (Å²) in [4.78, 5) is 16.7. The molecule has 1 aliphatic rings. The lowest BCUT2D eigenvalue weighted by molar-refractivity contribution is -0.120. The Labute approximate surface area is 142 Å². The highest BCUT2D eigenvalue weighted by molar-refractivity contribution is 5.78. The number of benzene rings is 1. The lowest BCUT2D eigenvalue weighted by Gasteiger charge is -2.21. The van der Waals surface area contributed by atoms with Crippen LogP contribution in [0.5, 0.6) is 0 Å². The van der Waals surface area contributed by atoms with Gasteiger partial charge >= 0.3 is 0 Å². The number of carbonyl (C=O) groups is 1. The first-order valence-corrected chi connectivity index (χ1v) is 8.29. The summed E-state index contributed by atoms with van der Waals surface area (Å²) in [6, 6.07) is 7.45. The first kappa shape index (κ1) is 16.6. The Morgan fingerprint density at radius 3 is 2.79 bits per heavy atom. The van der Waals surface area contributed by atoms with Crippen LogP contribution >= 0.6 is 0 Å². The van der Waals surface area contributed by atoms with Crippen molar-refractivity contribution < 1.29 is 9.90 Å². The van der Waals surface area contributed by atoms with Crippen molar-refractivity contribution in [3.05, 3.63) is 64.0 Å². The fourth-order valence-electron chi connectivity index (χ4n) is 3.07. The van der Waals surface area contributed by atoms with Crippen molar-refractivity contribution in [2.75, 3.05) is 6.54 Å². The van der Waals surface area contributed by atoms with Crippen molar-refractivity contribution >= 4 is 5.91 Å². The lowest BCUT2D eigenvalue weighted by Crippen LogP contribution is -2.29. The lowest BCUT2D eigenvalue weighted by atomic mass is 9.96. The minimum absolute atomic E-state index is 0.00214. The van der Waals surface area contributed by atoms with E-state index in [0.29, 0.717) is 13.0 Å². The predicted octanol–water partition coefficient (Wildman–Crippen LogP) is 1.39. The zero-order valence-electron chi connectivity index (χ0n) is 13.9. The van der Waals surface area contributed by atoms with Crippen molar-refractivity contribution in [1.29, 1.82) is 0 Å². The molecule has 5 heteroatoms. The van der Waals surface area contributed by atoms with Crippen molar-refractivity contribution in [3.8, 4) is 0 Å². The molecule has 0 aliphatic carbocycles. The van der Waals surface area contributed by atoms with Crippen LogP contribution in [0.4, 0.5) is 0 Å². The molecule has 0 radical (unpaired) electrons. The van der Waals surface area contributed by atoms with Gasteiger partial charge in [-0.05, 0) is 47.7 Å². The number of hydrogen-bond acceptors (Lipinski definition) is 4. The van der Waals surface area contributed by atoms with Crippen LogP contribution in [-0.2, 0) is 37.3 Å². The molecule has 126 valence electrons. The van der Waals surface area contributed by atoms with Crippen molar-refractivity contribution in [3.63, 3.8) is 0 Å². The summed E-state index contributed by atoms with van der Waals surface area (Å²) >= 11 is 0. The molecule has 0 saturated heterocycles. The van der Waals surface area contributed by atoms with E-state index in [4.69, 9.17) is 5.11 Å². The molecule has 5 nitrogen and oxygen atoms in total. The molecule has 1 aromatic carbocycles. The second-order valence-corrected chi connectivity index (χ2v) is 6.18. The van der Waals surface area contributed by atoms with E-state index in [1.165, 1.54) is 11.1 Å². The van der Waals surface area contributed by atoms with E-state index in [1.54, 1.807) is 0 Å². The number of hydrogen-bond donors (Lipinski definition) is 3. The SMILES string of the molecule is Cc1ncc2c(c1CNC(=O)Cc1ccc(CO)cc1)CCNC2. The third kappa shape index (κ3) is 3.80. The average Bonchev–Trinajstić information content (AvgIpc) is 2.61. The number of aryl methyl sites for hydroxylation is 1. The normalized spacial score (nSPS) is 13.4. The number of aromatic nitrogens is 1. The number of carbonyl (C=O) groups excluding carboxylic acids is 1. The number of aliphatic hydroxyl groups excluding tert-OH is 1. The number of pyridine rings is 1. The first-order chi connectivity index (χ1) is 11.7. The maximum absolute atomic E-state index is 12.2. The van der Waals surface area contributed by atoms with Crippen molar-refractivity contribution in [2.24, 2.45) is 0 Å². The van der Waals surface area contributed by atoms with E-state index in [0.717, 1.165) is 41.9 Å². The van der Waals surface area contributed by atoms with Crippen molar-refractivity contribution in [2.45, 2.75) is 39.5 Å². The Morgan fingerprint density at radius 1 is 1.29 bits per heavy atom. The van der Waals surface area contributed by atoms with Gasteiger partial charge in [-0.25, -0.2) is 0 Å². The van der Waals surface area contributed by atoms with Crippen LogP contribution in [-0.4, -0.2) is 22.5 Å². The summed E-state index contributed by atoms with van der Waals surface area (Å²) in [7, 11) is 0. The van der Waals surface area contributed by atoms with Gasteiger partial charge in [-0.15, -0.1) is 0 Å². The molecule has 3 N–H and O–H groups in total. The van der Waals surface area contributed by atoms with E-state index < -0.39 is 0 Å². The molecule has 0 atom stereocenters. The molecule has 0 unspecified atom stereocenters. The highest BCUT2D eigenvalue weighted by Crippen LogP contribution is 2.20. The molecule has 1 aliphatic heterocycles. The van der Waals surface area contributed by atoms with E-state index in [1.807, 2.05) is 37.4 Å². The van der Waals surface area contributed by atoms with Crippen LogP contribution in [0.3, 0.4) is 0 Å². The van der Waals surface area contributed by atoms with Gasteiger partial charge < -0.3 is 15.7 Å². The fraction of sp³-hybridized carbons (Fsp3) is 0.368. The second-order valence-electron chi connectivity index (χ2n) is 6.18. The first-order valence-electron chi connectivity index (χ1n) is 8.29. The van der Waals surface area contributed by atoms with Crippen LogP contribution < -0.4 is 10.6 Å². The van der Waals surface area contributed by atoms with Gasteiger partial charge in [0.1, 0.15) is 0 Å². The van der Waals surface area contributed by atoms with Gasteiger partial charge in [0, 0.05) is 25.0 Å². The molecular weight excluding hydrogens is 302 g/mol. The number of fused-ring (bicyclic) bond motifs is 1. The molecule has 2 heterocycles. The highest BCUT2D eigenvalue weighted by Gasteiger charge is 2.16. The molecule has 1 aromatic heterocycles. The Morgan fingerprint density at radius 2 is 2.04 bits per heavy atom. The number of aliphatic hydroxyl groups is 1. The maximum Gasteiger partial charge on any atom is 0.224 e. The second kappa shape index (κ2) is 7.55. The molecule has 24 heavy (non-hydrogen) atoms. The van der Waals surface area contributed by atoms with E-state index in [9.17, 15) is 4.79 Å². The van der Waals surface area contributed by atoms with Gasteiger partial charge in [0.05, 0.1) is 13.0 Å². The van der Waals surface area contributed by atoms with Crippen LogP contribution in [0, 0.1) is 6.92 Å². The van der Waals surface area contributed by atoms with Crippen molar-refractivity contribution in [1.82, 2.24) is 15.6 Å². The summed E-state index contributed by atoms with van der Waals surface area (Å²) in [5.74, 6) is -0.00214. The minimum Gasteiger partial charge on any atom is -0.392 e. The highest BCUT2D eigenvalue weighted by atomic mass is 16.3. The molecule has 0 spiro atoms. The smallest absolute Gasteiger partial charge is 0.224 e. The Kier molecular flexibility index (Phi) is 5.23. The summed E-state index contributed by atoms with van der Waals surface area (Å²) < 4.78 is 0. The third-order valence-electron chi connectivity index (χ3n) is 4.50. The standard InChI is InChI=1S/C19H23N3O2/c1-13-18(17-6-7-20-9-16(17)10-21-13)11-22-19(24)8-14-2-4-15(12-23)5-3-14/h2-5,10,20,23H,6-9,11-12H2,1H3,(H,22,24). The van der Waals surface area contributed by atoms with Crippen LogP contribution in [0.15, 0.2) is 30.5 Å². The molecule has 0 fully saturated rings. The Hall–Kier alpha value is -2.24. The molecule has 1 amide bonds. The fourth-order valence-corrected chi connectivity index (χ4v) is 3.07. The summed E-state index contributed by atoms with van der Waals surface area (Å²) in [5, 5.41) is 15.4. The van der Waals surface area contributed by atoms with Gasteiger partial charge in [0.25, 0.3) is 0 Å². The van der Waals surface area contributed by atoms with Gasteiger partial charge in [-0.1, -0.05) is 24.3 Å². The molecular formula is C19H23N3O2. The van der Waals surface area contributed by atoms with Gasteiger partial charge in [-0.2, -0.15) is 0 Å². The maximum atomic E-state index is 12.2. The Balaban J connectivity index is 1.64. The molecule has 3 rings (SSSR count). The Bertz CT molecular complexity index is 726.